The van der Waals surface area contributed by atoms with Crippen molar-refractivity contribution in [1.29, 1.82) is 0 Å². The van der Waals surface area contributed by atoms with Crippen LogP contribution in [0.2, 0.25) is 0 Å². The van der Waals surface area contributed by atoms with Gasteiger partial charge in [0, 0.05) is 35.7 Å². The van der Waals surface area contributed by atoms with Crippen LogP contribution in [0.25, 0.3) is 0 Å². The van der Waals surface area contributed by atoms with Gasteiger partial charge < -0.3 is 19.3 Å². The number of rotatable bonds is 6. The number of aryl methyl sites for hydroxylation is 1. The number of aliphatic imine (C=N–C) groups is 1. The molecule has 2 unspecified atom stereocenters. The average molecular weight is 515 g/mol. The fourth-order valence-electron chi connectivity index (χ4n) is 3.81. The maximum absolute atomic E-state index is 10.2. The summed E-state index contributed by atoms with van der Waals surface area (Å²) in [5.74, 6) is 1.54. The highest BCUT2D eigenvalue weighted by molar-refractivity contribution is 6.70. The topological polar surface area (TPSA) is 73.2 Å². The van der Waals surface area contributed by atoms with Gasteiger partial charge in [0.25, 0.3) is 0 Å². The second-order valence-electron chi connectivity index (χ2n) is 8.48. The van der Waals surface area contributed by atoms with E-state index < -0.39 is 6.10 Å². The van der Waals surface area contributed by atoms with Crippen LogP contribution in [-0.2, 0) is 17.8 Å². The van der Waals surface area contributed by atoms with Crippen molar-refractivity contribution >= 4 is 28.4 Å². The predicted octanol–water partition coefficient (Wildman–Crippen LogP) is 5.45. The predicted molar refractivity (Wildman–Crippen MR) is 138 cm³/mol. The van der Waals surface area contributed by atoms with E-state index in [1.54, 1.807) is 13.2 Å². The van der Waals surface area contributed by atoms with Crippen molar-refractivity contribution in [1.82, 2.24) is 4.98 Å². The molecule has 0 aliphatic carbocycles. The molecule has 184 valence electrons. The Hall–Kier alpha value is -2.64. The Balaban J connectivity index is 0.000000165. The summed E-state index contributed by atoms with van der Waals surface area (Å²) < 4.78 is 15.9. The molecule has 5 rings (SSSR count). The molecule has 8 heteroatoms. The first-order chi connectivity index (χ1) is 16.9. The third-order valence-corrected chi connectivity index (χ3v) is 6.37. The molecule has 1 aromatic heterocycles. The normalized spacial score (nSPS) is 17.7. The molecule has 1 saturated heterocycles. The minimum absolute atomic E-state index is 0.183. The lowest BCUT2D eigenvalue weighted by molar-refractivity contribution is -0.0924. The zero-order chi connectivity index (χ0) is 24.8. The SMILES string of the molecule is COc1cc(C)nc(OCc2ccccc2)c1.OC(c1ccc2c(c1)C(Cl)=NC(Cl)C2)C1COC1. The summed E-state index contributed by atoms with van der Waals surface area (Å²) in [6.45, 7) is 3.66. The Kier molecular flexibility index (Phi) is 8.63. The van der Waals surface area contributed by atoms with Crippen LogP contribution in [0.4, 0.5) is 0 Å². The second kappa shape index (κ2) is 11.9. The van der Waals surface area contributed by atoms with Crippen LogP contribution in [0, 0.1) is 12.8 Å². The van der Waals surface area contributed by atoms with E-state index in [9.17, 15) is 5.11 Å². The molecule has 0 spiro atoms. The molecule has 2 aliphatic heterocycles. The van der Waals surface area contributed by atoms with E-state index in [1.807, 2.05) is 61.5 Å². The Morgan fingerprint density at radius 1 is 1.11 bits per heavy atom. The molecule has 3 heterocycles. The lowest BCUT2D eigenvalue weighted by Crippen LogP contribution is -2.33. The van der Waals surface area contributed by atoms with Gasteiger partial charge >= 0.3 is 0 Å². The number of halogens is 2. The largest absolute Gasteiger partial charge is 0.496 e. The first-order valence-electron chi connectivity index (χ1n) is 11.4. The molecular formula is C27H28Cl2N2O4. The highest BCUT2D eigenvalue weighted by atomic mass is 35.5. The molecular weight excluding hydrogens is 487 g/mol. The number of aliphatic hydroxyl groups is 1. The summed E-state index contributed by atoms with van der Waals surface area (Å²) in [6.07, 6.45) is 0.179. The van der Waals surface area contributed by atoms with Crippen LogP contribution in [-0.4, -0.2) is 41.1 Å². The number of aromatic nitrogens is 1. The standard InChI is InChI=1S/C14H15NO2.C13H13Cl2NO2/c1-11-8-13(16-2)9-14(15-11)17-10-12-6-4-3-5-7-12;14-11-4-7-1-2-8(3-10(7)13(15)16-11)12(17)9-5-18-6-9/h3-9H,10H2,1-2H3;1-3,9,11-12,17H,4-6H2. The fraction of sp³-hybridized carbons (Fsp3) is 0.333. The Bertz CT molecular complexity index is 1170. The number of nitrogens with zero attached hydrogens (tertiary/aromatic N) is 2. The number of ether oxygens (including phenoxy) is 3. The minimum atomic E-state index is -0.498. The second-order valence-corrected chi connectivity index (χ2v) is 9.34. The van der Waals surface area contributed by atoms with Crippen LogP contribution >= 0.6 is 23.2 Å². The van der Waals surface area contributed by atoms with Gasteiger partial charge in [0.2, 0.25) is 5.88 Å². The van der Waals surface area contributed by atoms with Crippen molar-refractivity contribution in [3.8, 4) is 11.6 Å². The Labute approximate surface area is 215 Å². The van der Waals surface area contributed by atoms with Gasteiger partial charge in [-0.1, -0.05) is 65.7 Å². The van der Waals surface area contributed by atoms with Crippen molar-refractivity contribution in [2.75, 3.05) is 20.3 Å². The molecule has 1 fully saturated rings. The zero-order valence-corrected chi connectivity index (χ0v) is 21.2. The maximum Gasteiger partial charge on any atom is 0.217 e. The number of pyridine rings is 1. The summed E-state index contributed by atoms with van der Waals surface area (Å²) >= 11 is 12.1. The molecule has 0 bridgehead atoms. The number of alkyl halides is 1. The highest BCUT2D eigenvalue weighted by Gasteiger charge is 2.29. The molecule has 0 amide bonds. The minimum Gasteiger partial charge on any atom is -0.496 e. The van der Waals surface area contributed by atoms with Crippen molar-refractivity contribution in [2.45, 2.75) is 31.6 Å². The smallest absolute Gasteiger partial charge is 0.217 e. The van der Waals surface area contributed by atoms with E-state index in [4.69, 9.17) is 37.4 Å². The van der Waals surface area contributed by atoms with E-state index in [0.29, 0.717) is 37.3 Å². The third-order valence-electron chi connectivity index (χ3n) is 5.82. The van der Waals surface area contributed by atoms with Gasteiger partial charge in [0.05, 0.1) is 26.4 Å². The first-order valence-corrected chi connectivity index (χ1v) is 12.2. The maximum atomic E-state index is 10.2. The lowest BCUT2D eigenvalue weighted by Gasteiger charge is -2.31. The molecule has 2 aliphatic rings. The van der Waals surface area contributed by atoms with E-state index in [0.717, 1.165) is 33.7 Å². The van der Waals surface area contributed by atoms with Crippen molar-refractivity contribution in [2.24, 2.45) is 10.9 Å². The summed E-state index contributed by atoms with van der Waals surface area (Å²) in [5.41, 5.74) is 4.53. The van der Waals surface area contributed by atoms with E-state index >= 15 is 0 Å². The van der Waals surface area contributed by atoms with Crippen molar-refractivity contribution < 1.29 is 19.3 Å². The quantitative estimate of drug-likeness (QED) is 0.349. The van der Waals surface area contributed by atoms with Crippen LogP contribution in [0.3, 0.4) is 0 Å². The molecule has 0 radical (unpaired) electrons. The molecule has 2 aromatic carbocycles. The molecule has 35 heavy (non-hydrogen) atoms. The summed E-state index contributed by atoms with van der Waals surface area (Å²) in [4.78, 5) is 8.44. The average Bonchev–Trinajstić information content (AvgIpc) is 2.82. The van der Waals surface area contributed by atoms with Gasteiger partial charge in [0.1, 0.15) is 23.0 Å². The van der Waals surface area contributed by atoms with Crippen molar-refractivity contribution in [3.63, 3.8) is 0 Å². The first kappa shape index (κ1) is 25.5. The third kappa shape index (κ3) is 6.73. The Morgan fingerprint density at radius 3 is 2.57 bits per heavy atom. The van der Waals surface area contributed by atoms with Crippen LogP contribution in [0.5, 0.6) is 11.6 Å². The van der Waals surface area contributed by atoms with E-state index in [1.165, 1.54) is 0 Å². The number of hydrogen-bond donors (Lipinski definition) is 1. The van der Waals surface area contributed by atoms with E-state index in [-0.39, 0.29) is 11.4 Å². The molecule has 6 nitrogen and oxygen atoms in total. The highest BCUT2D eigenvalue weighted by Crippen LogP contribution is 2.31. The van der Waals surface area contributed by atoms with E-state index in [2.05, 4.69) is 9.98 Å². The summed E-state index contributed by atoms with van der Waals surface area (Å²) in [7, 11) is 1.63. The zero-order valence-electron chi connectivity index (χ0n) is 19.7. The summed E-state index contributed by atoms with van der Waals surface area (Å²) in [5, 5.41) is 10.6. The van der Waals surface area contributed by atoms with Crippen molar-refractivity contribution in [3.05, 3.63) is 88.6 Å². The number of benzene rings is 2. The lowest BCUT2D eigenvalue weighted by atomic mass is 9.91. The van der Waals surface area contributed by atoms with Gasteiger partial charge in [0.15, 0.2) is 0 Å². The molecule has 3 aromatic rings. The monoisotopic (exact) mass is 514 g/mol. The van der Waals surface area contributed by atoms with Gasteiger partial charge in [-0.2, -0.15) is 0 Å². The van der Waals surface area contributed by atoms with Gasteiger partial charge in [-0.25, -0.2) is 4.98 Å². The summed E-state index contributed by atoms with van der Waals surface area (Å²) in [6, 6.07) is 19.5. The molecule has 2 atom stereocenters. The van der Waals surface area contributed by atoms with Crippen LogP contribution < -0.4 is 9.47 Å². The molecule has 0 saturated carbocycles. The number of hydrogen-bond acceptors (Lipinski definition) is 6. The number of aliphatic hydroxyl groups excluding tert-OH is 1. The number of fused-ring (bicyclic) bond motifs is 1. The van der Waals surface area contributed by atoms with Gasteiger partial charge in [-0.3, -0.25) is 4.99 Å². The van der Waals surface area contributed by atoms with Crippen LogP contribution in [0.15, 0.2) is 65.7 Å². The van der Waals surface area contributed by atoms with Gasteiger partial charge in [-0.15, -0.1) is 0 Å². The van der Waals surface area contributed by atoms with Crippen LogP contribution in [0.1, 0.15) is 34.1 Å². The number of methoxy groups -OCH3 is 1. The fourth-order valence-corrected chi connectivity index (χ4v) is 4.41. The Morgan fingerprint density at radius 2 is 1.89 bits per heavy atom. The molecule has 1 N–H and O–H groups in total. The van der Waals surface area contributed by atoms with Gasteiger partial charge in [-0.05, 0) is 29.7 Å².